The summed E-state index contributed by atoms with van der Waals surface area (Å²) in [4.78, 5) is 25.4. The summed E-state index contributed by atoms with van der Waals surface area (Å²) in [6.45, 7) is 4.05. The van der Waals surface area contributed by atoms with Crippen molar-refractivity contribution in [2.75, 3.05) is 5.32 Å². The summed E-state index contributed by atoms with van der Waals surface area (Å²) >= 11 is 5.87. The lowest BCUT2D eigenvalue weighted by Gasteiger charge is -2.08. The minimum Gasteiger partial charge on any atom is -0.305 e. The van der Waals surface area contributed by atoms with Crippen molar-refractivity contribution in [3.05, 3.63) is 82.0 Å². The van der Waals surface area contributed by atoms with Crippen LogP contribution in [0.15, 0.2) is 54.6 Å². The van der Waals surface area contributed by atoms with Gasteiger partial charge in [-0.25, -0.2) is 0 Å². The smallest absolute Gasteiger partial charge is 0.257 e. The van der Waals surface area contributed by atoms with E-state index in [2.05, 4.69) is 15.5 Å². The highest BCUT2D eigenvalue weighted by Crippen LogP contribution is 2.19. The fourth-order valence-corrected chi connectivity index (χ4v) is 2.64. The molecule has 0 bridgehead atoms. The standard InChI is InChI=1S/C20H18ClN3O2/c1-12(2)17-11-18(24-23-17)22-20(26)16-6-4-3-5-15(16)19(25)13-7-9-14(21)10-8-13/h3-12H,1-2H3,(H2,22,23,24,26). The molecular formula is C20H18ClN3O2. The molecule has 0 aliphatic heterocycles. The Bertz CT molecular complexity index is 946. The molecule has 0 atom stereocenters. The number of hydrogen-bond acceptors (Lipinski definition) is 3. The quantitative estimate of drug-likeness (QED) is 0.643. The number of carbonyl (C=O) groups is 2. The van der Waals surface area contributed by atoms with Crippen LogP contribution in [0.1, 0.15) is 51.7 Å². The molecule has 0 aliphatic carbocycles. The van der Waals surface area contributed by atoms with E-state index >= 15 is 0 Å². The van der Waals surface area contributed by atoms with Crippen molar-refractivity contribution in [2.45, 2.75) is 19.8 Å². The Balaban J connectivity index is 1.87. The maximum absolute atomic E-state index is 12.8. The molecule has 0 unspecified atom stereocenters. The normalized spacial score (nSPS) is 10.8. The van der Waals surface area contributed by atoms with E-state index in [1.807, 2.05) is 13.8 Å². The molecule has 132 valence electrons. The molecule has 1 aromatic heterocycles. The average molecular weight is 368 g/mol. The highest BCUT2D eigenvalue weighted by Gasteiger charge is 2.19. The van der Waals surface area contributed by atoms with E-state index in [-0.39, 0.29) is 17.6 Å². The number of ketones is 1. The summed E-state index contributed by atoms with van der Waals surface area (Å²) in [5, 5.41) is 10.3. The zero-order valence-electron chi connectivity index (χ0n) is 14.4. The second-order valence-electron chi connectivity index (χ2n) is 6.20. The van der Waals surface area contributed by atoms with Gasteiger partial charge in [0.1, 0.15) is 0 Å². The van der Waals surface area contributed by atoms with E-state index in [1.54, 1.807) is 54.6 Å². The number of rotatable bonds is 5. The zero-order chi connectivity index (χ0) is 18.7. The van der Waals surface area contributed by atoms with Crippen LogP contribution < -0.4 is 5.32 Å². The van der Waals surface area contributed by atoms with Gasteiger partial charge in [0.05, 0.1) is 5.56 Å². The van der Waals surface area contributed by atoms with Crippen LogP contribution in [0, 0.1) is 0 Å². The Morgan fingerprint density at radius 1 is 1.04 bits per heavy atom. The van der Waals surface area contributed by atoms with Gasteiger partial charge in [-0.1, -0.05) is 43.6 Å². The lowest BCUT2D eigenvalue weighted by molar-refractivity contribution is 0.0996. The highest BCUT2D eigenvalue weighted by molar-refractivity contribution is 6.30. The van der Waals surface area contributed by atoms with E-state index in [0.717, 1.165) is 5.69 Å². The van der Waals surface area contributed by atoms with Gasteiger partial charge in [-0.3, -0.25) is 14.7 Å². The van der Waals surface area contributed by atoms with E-state index < -0.39 is 0 Å². The second kappa shape index (κ2) is 7.54. The number of benzene rings is 2. The molecule has 0 fully saturated rings. The van der Waals surface area contributed by atoms with Crippen LogP contribution in [0.2, 0.25) is 5.02 Å². The average Bonchev–Trinajstić information content (AvgIpc) is 3.10. The largest absolute Gasteiger partial charge is 0.305 e. The fraction of sp³-hybridized carbons (Fsp3) is 0.150. The molecule has 5 nitrogen and oxygen atoms in total. The predicted octanol–water partition coefficient (Wildman–Crippen LogP) is 4.67. The van der Waals surface area contributed by atoms with E-state index in [4.69, 9.17) is 11.6 Å². The van der Waals surface area contributed by atoms with Crippen LogP contribution in [0.3, 0.4) is 0 Å². The molecule has 3 aromatic rings. The van der Waals surface area contributed by atoms with E-state index in [9.17, 15) is 9.59 Å². The Morgan fingerprint density at radius 2 is 1.69 bits per heavy atom. The van der Waals surface area contributed by atoms with Crippen molar-refractivity contribution < 1.29 is 9.59 Å². The molecule has 6 heteroatoms. The van der Waals surface area contributed by atoms with Crippen LogP contribution in [0.4, 0.5) is 5.82 Å². The van der Waals surface area contributed by atoms with Gasteiger partial charge >= 0.3 is 0 Å². The number of halogens is 1. The van der Waals surface area contributed by atoms with E-state index in [1.165, 1.54) is 0 Å². The van der Waals surface area contributed by atoms with E-state index in [0.29, 0.717) is 27.5 Å². The molecule has 2 N–H and O–H groups in total. The summed E-state index contributed by atoms with van der Waals surface area (Å²) < 4.78 is 0. The number of nitrogens with zero attached hydrogens (tertiary/aromatic N) is 1. The minimum atomic E-state index is -0.385. The van der Waals surface area contributed by atoms with Crippen LogP contribution in [0.5, 0.6) is 0 Å². The molecule has 0 saturated heterocycles. The number of hydrogen-bond donors (Lipinski definition) is 2. The molecule has 0 radical (unpaired) electrons. The highest BCUT2D eigenvalue weighted by atomic mass is 35.5. The number of anilines is 1. The van der Waals surface area contributed by atoms with Gasteiger partial charge in [0, 0.05) is 27.9 Å². The van der Waals surface area contributed by atoms with Crippen molar-refractivity contribution in [2.24, 2.45) is 0 Å². The summed E-state index contributed by atoms with van der Waals surface area (Å²) in [5.41, 5.74) is 2.01. The number of aromatic amines is 1. The first kappa shape index (κ1) is 17.9. The van der Waals surface area contributed by atoms with Crippen LogP contribution in [-0.4, -0.2) is 21.9 Å². The van der Waals surface area contributed by atoms with Crippen LogP contribution in [-0.2, 0) is 0 Å². The Labute approximate surface area is 156 Å². The zero-order valence-corrected chi connectivity index (χ0v) is 15.2. The van der Waals surface area contributed by atoms with Crippen molar-refractivity contribution >= 4 is 29.1 Å². The molecule has 1 heterocycles. The van der Waals surface area contributed by atoms with Gasteiger partial charge in [0.15, 0.2) is 11.6 Å². The Kier molecular flexibility index (Phi) is 5.19. The fourth-order valence-electron chi connectivity index (χ4n) is 2.52. The SMILES string of the molecule is CC(C)c1cc(NC(=O)c2ccccc2C(=O)c2ccc(Cl)cc2)n[nH]1. The third-order valence-corrected chi connectivity index (χ3v) is 4.24. The van der Waals surface area contributed by atoms with Gasteiger partial charge < -0.3 is 5.32 Å². The number of aromatic nitrogens is 2. The second-order valence-corrected chi connectivity index (χ2v) is 6.64. The monoisotopic (exact) mass is 367 g/mol. The molecule has 3 rings (SSSR count). The van der Waals surface area contributed by atoms with Gasteiger partial charge in [0.25, 0.3) is 5.91 Å². The van der Waals surface area contributed by atoms with Gasteiger partial charge in [-0.05, 0) is 36.2 Å². The molecule has 0 aliphatic rings. The topological polar surface area (TPSA) is 74.8 Å². The van der Waals surface area contributed by atoms with Crippen molar-refractivity contribution in [1.82, 2.24) is 10.2 Å². The predicted molar refractivity (Wildman–Crippen MR) is 102 cm³/mol. The number of H-pyrrole nitrogens is 1. The van der Waals surface area contributed by atoms with Crippen molar-refractivity contribution in [1.29, 1.82) is 0 Å². The van der Waals surface area contributed by atoms with Gasteiger partial charge in [0.2, 0.25) is 0 Å². The summed E-state index contributed by atoms with van der Waals surface area (Å²) in [6.07, 6.45) is 0. The molecular weight excluding hydrogens is 350 g/mol. The molecule has 0 saturated carbocycles. The maximum atomic E-state index is 12.8. The summed E-state index contributed by atoms with van der Waals surface area (Å²) in [6, 6.07) is 15.1. The van der Waals surface area contributed by atoms with Crippen molar-refractivity contribution in [3.8, 4) is 0 Å². The summed E-state index contributed by atoms with van der Waals surface area (Å²) in [5.74, 6) is 0.0707. The maximum Gasteiger partial charge on any atom is 0.257 e. The number of amides is 1. The first-order chi connectivity index (χ1) is 12.5. The first-order valence-corrected chi connectivity index (χ1v) is 8.59. The third kappa shape index (κ3) is 3.83. The molecule has 2 aromatic carbocycles. The Morgan fingerprint density at radius 3 is 2.31 bits per heavy atom. The molecule has 26 heavy (non-hydrogen) atoms. The van der Waals surface area contributed by atoms with Gasteiger partial charge in [-0.15, -0.1) is 0 Å². The van der Waals surface area contributed by atoms with Gasteiger partial charge in [-0.2, -0.15) is 5.10 Å². The van der Waals surface area contributed by atoms with Crippen LogP contribution >= 0.6 is 11.6 Å². The lowest BCUT2D eigenvalue weighted by Crippen LogP contribution is -2.17. The summed E-state index contributed by atoms with van der Waals surface area (Å²) in [7, 11) is 0. The number of nitrogens with one attached hydrogen (secondary N) is 2. The lowest BCUT2D eigenvalue weighted by atomic mass is 9.98. The Hall–Kier alpha value is -2.92. The van der Waals surface area contributed by atoms with Crippen molar-refractivity contribution in [3.63, 3.8) is 0 Å². The number of carbonyl (C=O) groups excluding carboxylic acids is 2. The molecule has 0 spiro atoms. The third-order valence-electron chi connectivity index (χ3n) is 3.98. The minimum absolute atomic E-state index is 0.239. The first-order valence-electron chi connectivity index (χ1n) is 8.21. The molecule has 1 amide bonds. The van der Waals surface area contributed by atoms with Crippen LogP contribution in [0.25, 0.3) is 0 Å².